The van der Waals surface area contributed by atoms with Gasteiger partial charge in [0.2, 0.25) is 0 Å². The highest BCUT2D eigenvalue weighted by Crippen LogP contribution is 2.33. The summed E-state index contributed by atoms with van der Waals surface area (Å²) in [5, 5.41) is 28.4. The van der Waals surface area contributed by atoms with Crippen LogP contribution in [0.3, 0.4) is 0 Å². The minimum absolute atomic E-state index is 0.0956. The van der Waals surface area contributed by atoms with Gasteiger partial charge in [0.1, 0.15) is 5.75 Å². The zero-order chi connectivity index (χ0) is 16.4. The summed E-state index contributed by atoms with van der Waals surface area (Å²) < 4.78 is 0. The predicted octanol–water partition coefficient (Wildman–Crippen LogP) is 3.70. The summed E-state index contributed by atoms with van der Waals surface area (Å²) in [6, 6.07) is 17.5. The van der Waals surface area contributed by atoms with Gasteiger partial charge in [-0.2, -0.15) is 0 Å². The quantitative estimate of drug-likeness (QED) is 0.509. The minimum Gasteiger partial charge on any atom is -0.508 e. The van der Waals surface area contributed by atoms with Crippen molar-refractivity contribution in [2.24, 2.45) is 0 Å². The maximum atomic E-state index is 12.7. The first-order valence-corrected chi connectivity index (χ1v) is 7.01. The summed E-state index contributed by atoms with van der Waals surface area (Å²) in [5.41, 5.74) is 2.21. The standard InChI is InChI=1S/C19H14O4/c20-14-8-5-12(6-9-14)19(23)16-4-2-1-3-15(16)13-7-10-17(21)18(22)11-13/h1-11,20-22H. The second-order valence-corrected chi connectivity index (χ2v) is 5.13. The van der Waals surface area contributed by atoms with Crippen molar-refractivity contribution in [1.82, 2.24) is 0 Å². The first kappa shape index (κ1) is 14.7. The second kappa shape index (κ2) is 5.85. The lowest BCUT2D eigenvalue weighted by atomic mass is 9.94. The number of phenols is 3. The van der Waals surface area contributed by atoms with Gasteiger partial charge in [0.25, 0.3) is 0 Å². The Hall–Kier alpha value is -3.27. The Morgan fingerprint density at radius 3 is 2.13 bits per heavy atom. The molecule has 3 N–H and O–H groups in total. The molecule has 0 fully saturated rings. The molecule has 0 aliphatic carbocycles. The molecule has 4 nitrogen and oxygen atoms in total. The molecule has 0 spiro atoms. The Bertz CT molecular complexity index is 867. The number of rotatable bonds is 3. The predicted molar refractivity (Wildman–Crippen MR) is 86.7 cm³/mol. The Kier molecular flexibility index (Phi) is 3.73. The molecular weight excluding hydrogens is 292 g/mol. The number of hydrogen-bond donors (Lipinski definition) is 3. The zero-order valence-electron chi connectivity index (χ0n) is 12.1. The summed E-state index contributed by atoms with van der Waals surface area (Å²) in [4.78, 5) is 12.7. The highest BCUT2D eigenvalue weighted by molar-refractivity contribution is 6.12. The van der Waals surface area contributed by atoms with E-state index in [1.807, 2.05) is 0 Å². The highest BCUT2D eigenvalue weighted by atomic mass is 16.3. The van der Waals surface area contributed by atoms with Crippen LogP contribution in [0.5, 0.6) is 17.2 Å². The molecule has 0 amide bonds. The van der Waals surface area contributed by atoms with E-state index in [4.69, 9.17) is 0 Å². The summed E-state index contributed by atoms with van der Waals surface area (Å²) >= 11 is 0. The zero-order valence-corrected chi connectivity index (χ0v) is 12.1. The average molecular weight is 306 g/mol. The SMILES string of the molecule is O=C(c1ccc(O)cc1)c1ccccc1-c1ccc(O)c(O)c1. The van der Waals surface area contributed by atoms with Crippen molar-refractivity contribution in [2.45, 2.75) is 0 Å². The molecule has 0 radical (unpaired) electrons. The van der Waals surface area contributed by atoms with E-state index < -0.39 is 0 Å². The smallest absolute Gasteiger partial charge is 0.193 e. The molecule has 0 bridgehead atoms. The fraction of sp³-hybridized carbons (Fsp3) is 0. The first-order valence-electron chi connectivity index (χ1n) is 7.01. The van der Waals surface area contributed by atoms with Gasteiger partial charge in [0.05, 0.1) is 0 Å². The fourth-order valence-electron chi connectivity index (χ4n) is 2.39. The number of carbonyl (C=O) groups excluding carboxylic acids is 1. The van der Waals surface area contributed by atoms with E-state index in [0.29, 0.717) is 22.3 Å². The van der Waals surface area contributed by atoms with E-state index in [1.54, 1.807) is 42.5 Å². The lowest BCUT2D eigenvalue weighted by Gasteiger charge is -2.10. The van der Waals surface area contributed by atoms with Crippen LogP contribution in [0.25, 0.3) is 11.1 Å². The highest BCUT2D eigenvalue weighted by Gasteiger charge is 2.15. The van der Waals surface area contributed by atoms with Crippen LogP contribution in [0.2, 0.25) is 0 Å². The topological polar surface area (TPSA) is 77.8 Å². The Morgan fingerprint density at radius 1 is 0.739 bits per heavy atom. The molecule has 0 atom stereocenters. The molecule has 0 aliphatic rings. The summed E-state index contributed by atoms with van der Waals surface area (Å²) in [5.74, 6) is -0.545. The Balaban J connectivity index is 2.08. The molecule has 0 heterocycles. The Labute approximate surface area is 132 Å². The van der Waals surface area contributed by atoms with Crippen molar-refractivity contribution < 1.29 is 20.1 Å². The van der Waals surface area contributed by atoms with Crippen molar-refractivity contribution >= 4 is 5.78 Å². The van der Waals surface area contributed by atoms with Gasteiger partial charge in [-0.05, 0) is 47.5 Å². The van der Waals surface area contributed by atoms with E-state index in [2.05, 4.69) is 0 Å². The van der Waals surface area contributed by atoms with E-state index in [9.17, 15) is 20.1 Å². The molecule has 0 aliphatic heterocycles. The van der Waals surface area contributed by atoms with Crippen LogP contribution in [0.15, 0.2) is 66.7 Å². The van der Waals surface area contributed by atoms with Crippen molar-refractivity contribution in [3.8, 4) is 28.4 Å². The maximum Gasteiger partial charge on any atom is 0.193 e. The third-order valence-electron chi connectivity index (χ3n) is 3.59. The van der Waals surface area contributed by atoms with Crippen LogP contribution in [-0.4, -0.2) is 21.1 Å². The van der Waals surface area contributed by atoms with Gasteiger partial charge in [-0.1, -0.05) is 30.3 Å². The molecule has 4 heteroatoms. The van der Waals surface area contributed by atoms with Gasteiger partial charge >= 0.3 is 0 Å². The average Bonchev–Trinajstić information content (AvgIpc) is 2.57. The largest absolute Gasteiger partial charge is 0.508 e. The monoisotopic (exact) mass is 306 g/mol. The normalized spacial score (nSPS) is 10.4. The molecule has 0 unspecified atom stereocenters. The minimum atomic E-state index is -0.241. The number of hydrogen-bond acceptors (Lipinski definition) is 4. The van der Waals surface area contributed by atoms with Gasteiger partial charge in [-0.25, -0.2) is 0 Å². The molecule has 3 rings (SSSR count). The van der Waals surface area contributed by atoms with Crippen molar-refractivity contribution in [2.75, 3.05) is 0 Å². The summed E-state index contributed by atoms with van der Waals surface area (Å²) in [7, 11) is 0. The van der Waals surface area contributed by atoms with Crippen LogP contribution >= 0.6 is 0 Å². The fourth-order valence-corrected chi connectivity index (χ4v) is 2.39. The molecule has 0 saturated carbocycles. The maximum absolute atomic E-state index is 12.7. The van der Waals surface area contributed by atoms with Crippen LogP contribution in [0, 0.1) is 0 Å². The number of ketones is 1. The first-order chi connectivity index (χ1) is 11.1. The lowest BCUT2D eigenvalue weighted by molar-refractivity contribution is 0.103. The number of phenolic OH excluding ortho intramolecular Hbond substituents is 3. The third-order valence-corrected chi connectivity index (χ3v) is 3.59. The molecule has 0 aromatic heterocycles. The molecule has 0 saturated heterocycles. The van der Waals surface area contributed by atoms with Gasteiger partial charge in [0, 0.05) is 11.1 Å². The van der Waals surface area contributed by atoms with Gasteiger partial charge < -0.3 is 15.3 Å². The van der Waals surface area contributed by atoms with Crippen molar-refractivity contribution in [3.05, 3.63) is 77.9 Å². The molecule has 23 heavy (non-hydrogen) atoms. The van der Waals surface area contributed by atoms with Crippen LogP contribution in [-0.2, 0) is 0 Å². The van der Waals surface area contributed by atoms with E-state index in [-0.39, 0.29) is 23.0 Å². The van der Waals surface area contributed by atoms with E-state index >= 15 is 0 Å². The van der Waals surface area contributed by atoms with Gasteiger partial charge in [-0.3, -0.25) is 4.79 Å². The van der Waals surface area contributed by atoms with Crippen LogP contribution in [0.4, 0.5) is 0 Å². The number of benzene rings is 3. The number of aromatic hydroxyl groups is 3. The van der Waals surface area contributed by atoms with Crippen LogP contribution < -0.4 is 0 Å². The molecule has 3 aromatic carbocycles. The van der Waals surface area contributed by atoms with Gasteiger partial charge in [0.15, 0.2) is 17.3 Å². The summed E-state index contributed by atoms with van der Waals surface area (Å²) in [6.45, 7) is 0. The Morgan fingerprint density at radius 2 is 1.43 bits per heavy atom. The number of carbonyl (C=O) groups is 1. The third kappa shape index (κ3) is 2.87. The van der Waals surface area contributed by atoms with Crippen LogP contribution in [0.1, 0.15) is 15.9 Å². The van der Waals surface area contributed by atoms with E-state index in [1.165, 1.54) is 24.3 Å². The second-order valence-electron chi connectivity index (χ2n) is 5.13. The molecule has 114 valence electrons. The molecule has 3 aromatic rings. The lowest BCUT2D eigenvalue weighted by Crippen LogP contribution is -2.03. The van der Waals surface area contributed by atoms with E-state index in [0.717, 1.165) is 0 Å². The molecular formula is C19H14O4. The van der Waals surface area contributed by atoms with Crippen molar-refractivity contribution in [3.63, 3.8) is 0 Å². The summed E-state index contributed by atoms with van der Waals surface area (Å²) in [6.07, 6.45) is 0. The van der Waals surface area contributed by atoms with Gasteiger partial charge in [-0.15, -0.1) is 0 Å². The van der Waals surface area contributed by atoms with Crippen molar-refractivity contribution in [1.29, 1.82) is 0 Å².